The number of amides is 1. The van der Waals surface area contributed by atoms with Gasteiger partial charge in [-0.05, 0) is 19.3 Å². The maximum absolute atomic E-state index is 12.3. The summed E-state index contributed by atoms with van der Waals surface area (Å²) in [7, 11) is 0. The van der Waals surface area contributed by atoms with Crippen LogP contribution < -0.4 is 5.32 Å². The molecule has 0 heterocycles. The summed E-state index contributed by atoms with van der Waals surface area (Å²) >= 11 is 0. The lowest BCUT2D eigenvalue weighted by atomic mass is 10.0. The van der Waals surface area contributed by atoms with Crippen LogP contribution in [0.2, 0.25) is 0 Å². The van der Waals surface area contributed by atoms with Crippen LogP contribution in [0.1, 0.15) is 226 Å². The summed E-state index contributed by atoms with van der Waals surface area (Å²) in [6.07, 6.45) is 45.9. The number of hydrogen-bond acceptors (Lipinski definition) is 3. The van der Waals surface area contributed by atoms with Crippen molar-refractivity contribution in [2.75, 3.05) is 6.61 Å². The molecule has 0 aliphatic carbocycles. The first kappa shape index (κ1) is 44.1. The van der Waals surface area contributed by atoms with Crippen molar-refractivity contribution in [3.8, 4) is 0 Å². The average Bonchev–Trinajstić information content (AvgIpc) is 3.04. The van der Waals surface area contributed by atoms with E-state index in [1.165, 1.54) is 180 Å². The van der Waals surface area contributed by atoms with E-state index >= 15 is 0 Å². The van der Waals surface area contributed by atoms with Gasteiger partial charge in [0.15, 0.2) is 0 Å². The highest BCUT2D eigenvalue weighted by Gasteiger charge is 2.17. The van der Waals surface area contributed by atoms with E-state index in [0.29, 0.717) is 6.42 Å². The van der Waals surface area contributed by atoms with Gasteiger partial charge in [0.2, 0.25) is 5.91 Å². The normalized spacial score (nSPS) is 13.1. The number of aliphatic hydroxyl groups is 2. The largest absolute Gasteiger partial charge is 0.394 e. The van der Waals surface area contributed by atoms with Gasteiger partial charge in [0.1, 0.15) is 0 Å². The van der Waals surface area contributed by atoms with Crippen LogP contribution in [0.4, 0.5) is 0 Å². The molecule has 0 fully saturated rings. The molecule has 0 aromatic carbocycles. The third kappa shape index (κ3) is 34.3. The predicted octanol–water partition coefficient (Wildman–Crippen LogP) is 12.3. The number of aliphatic hydroxyl groups excluding tert-OH is 2. The van der Waals surface area contributed by atoms with Crippen LogP contribution in [-0.4, -0.2) is 34.9 Å². The second-order valence-electron chi connectivity index (χ2n) is 14.1. The maximum atomic E-state index is 12.3. The Hall–Kier alpha value is -0.870. The van der Waals surface area contributed by atoms with E-state index in [-0.39, 0.29) is 12.5 Å². The Labute approximate surface area is 282 Å². The van der Waals surface area contributed by atoms with Crippen molar-refractivity contribution >= 4 is 5.91 Å². The number of nitrogens with one attached hydrogen (secondary N) is 1. The molecule has 0 radical (unpaired) electrons. The molecule has 0 bridgehead atoms. The standard InChI is InChI=1S/C41H81NO3/c1-3-5-7-9-11-13-15-17-18-19-20-21-22-23-25-27-29-31-33-35-37-41(45)42-39(38-43)40(44)36-34-32-30-28-26-24-16-14-12-10-8-6-4-2/h34,36,39-40,43-44H,3-33,35,37-38H2,1-2H3,(H,42,45)/b36-34+/t39-,40+/m1/s1. The van der Waals surface area contributed by atoms with Crippen molar-refractivity contribution in [2.24, 2.45) is 0 Å². The summed E-state index contributed by atoms with van der Waals surface area (Å²) in [5, 5.41) is 22.9. The zero-order valence-electron chi connectivity index (χ0n) is 30.7. The fourth-order valence-electron chi connectivity index (χ4n) is 6.35. The van der Waals surface area contributed by atoms with Crippen molar-refractivity contribution in [2.45, 2.75) is 238 Å². The van der Waals surface area contributed by atoms with Crippen molar-refractivity contribution < 1.29 is 15.0 Å². The number of carbonyl (C=O) groups is 1. The van der Waals surface area contributed by atoms with Gasteiger partial charge >= 0.3 is 0 Å². The van der Waals surface area contributed by atoms with Crippen molar-refractivity contribution in [3.63, 3.8) is 0 Å². The summed E-state index contributed by atoms with van der Waals surface area (Å²) in [4.78, 5) is 12.3. The molecule has 0 aromatic heterocycles. The van der Waals surface area contributed by atoms with E-state index in [2.05, 4.69) is 19.2 Å². The Morgan fingerprint density at radius 2 is 0.822 bits per heavy atom. The van der Waals surface area contributed by atoms with Crippen LogP contribution in [0.5, 0.6) is 0 Å². The molecule has 268 valence electrons. The minimum atomic E-state index is -0.832. The molecule has 0 aliphatic heterocycles. The summed E-state index contributed by atoms with van der Waals surface area (Å²) in [6.45, 7) is 4.31. The van der Waals surface area contributed by atoms with Gasteiger partial charge in [0, 0.05) is 6.42 Å². The van der Waals surface area contributed by atoms with Crippen molar-refractivity contribution in [1.29, 1.82) is 0 Å². The highest BCUT2D eigenvalue weighted by molar-refractivity contribution is 5.76. The Kier molecular flexibility index (Phi) is 36.9. The summed E-state index contributed by atoms with van der Waals surface area (Å²) < 4.78 is 0. The van der Waals surface area contributed by atoms with Gasteiger partial charge in [-0.1, -0.05) is 212 Å². The molecule has 45 heavy (non-hydrogen) atoms. The molecule has 4 nitrogen and oxygen atoms in total. The van der Waals surface area contributed by atoms with Crippen molar-refractivity contribution in [3.05, 3.63) is 12.2 Å². The van der Waals surface area contributed by atoms with Gasteiger partial charge < -0.3 is 15.5 Å². The van der Waals surface area contributed by atoms with Crippen LogP contribution >= 0.6 is 0 Å². The van der Waals surface area contributed by atoms with E-state index < -0.39 is 12.1 Å². The quantitative estimate of drug-likeness (QED) is 0.0470. The van der Waals surface area contributed by atoms with Crippen LogP contribution in [0.15, 0.2) is 12.2 Å². The molecular weight excluding hydrogens is 554 g/mol. The third-order valence-electron chi connectivity index (χ3n) is 9.52. The van der Waals surface area contributed by atoms with Gasteiger partial charge in [-0.15, -0.1) is 0 Å². The van der Waals surface area contributed by atoms with Crippen molar-refractivity contribution in [1.82, 2.24) is 5.32 Å². The molecule has 2 atom stereocenters. The SMILES string of the molecule is CCCCCCCCCCCCC/C=C/[C@H](O)[C@@H](CO)NC(=O)CCCCCCCCCCCCCCCCCCCCCC. The van der Waals surface area contributed by atoms with E-state index in [1.54, 1.807) is 6.08 Å². The zero-order chi connectivity index (χ0) is 32.9. The molecule has 0 aliphatic rings. The van der Waals surface area contributed by atoms with Gasteiger partial charge in [-0.2, -0.15) is 0 Å². The van der Waals surface area contributed by atoms with Gasteiger partial charge in [-0.3, -0.25) is 4.79 Å². The predicted molar refractivity (Wildman–Crippen MR) is 198 cm³/mol. The topological polar surface area (TPSA) is 69.6 Å². The number of unbranched alkanes of at least 4 members (excludes halogenated alkanes) is 30. The van der Waals surface area contributed by atoms with Crippen LogP contribution in [0.3, 0.4) is 0 Å². The molecule has 3 N–H and O–H groups in total. The van der Waals surface area contributed by atoms with E-state index in [4.69, 9.17) is 0 Å². The summed E-state index contributed by atoms with van der Waals surface area (Å²) in [5.41, 5.74) is 0. The lowest BCUT2D eigenvalue weighted by Gasteiger charge is -2.20. The number of allylic oxidation sites excluding steroid dienone is 1. The Morgan fingerprint density at radius 1 is 0.511 bits per heavy atom. The zero-order valence-corrected chi connectivity index (χ0v) is 30.7. The molecule has 0 spiro atoms. The van der Waals surface area contributed by atoms with Gasteiger partial charge in [0.05, 0.1) is 18.8 Å². The summed E-state index contributed by atoms with van der Waals surface area (Å²) in [6, 6.07) is -0.615. The average molecular weight is 636 g/mol. The first-order valence-electron chi connectivity index (χ1n) is 20.4. The monoisotopic (exact) mass is 636 g/mol. The van der Waals surface area contributed by atoms with Gasteiger partial charge in [-0.25, -0.2) is 0 Å². The maximum Gasteiger partial charge on any atom is 0.220 e. The van der Waals surface area contributed by atoms with Crippen LogP contribution in [0.25, 0.3) is 0 Å². The second-order valence-corrected chi connectivity index (χ2v) is 14.1. The molecule has 0 saturated heterocycles. The molecule has 0 unspecified atom stereocenters. The molecular formula is C41H81NO3. The fourth-order valence-corrected chi connectivity index (χ4v) is 6.35. The number of rotatable bonds is 37. The minimum Gasteiger partial charge on any atom is -0.394 e. The highest BCUT2D eigenvalue weighted by atomic mass is 16.3. The lowest BCUT2D eigenvalue weighted by molar-refractivity contribution is -0.123. The Bertz CT molecular complexity index is 608. The van der Waals surface area contributed by atoms with Gasteiger partial charge in [0.25, 0.3) is 0 Å². The molecule has 0 saturated carbocycles. The van der Waals surface area contributed by atoms with E-state index in [0.717, 1.165) is 25.7 Å². The Balaban J connectivity index is 3.52. The van der Waals surface area contributed by atoms with Crippen LogP contribution in [-0.2, 0) is 4.79 Å². The number of hydrogen-bond donors (Lipinski definition) is 3. The molecule has 0 rings (SSSR count). The third-order valence-corrected chi connectivity index (χ3v) is 9.52. The number of carbonyl (C=O) groups excluding carboxylic acids is 1. The minimum absolute atomic E-state index is 0.0609. The molecule has 1 amide bonds. The molecule has 4 heteroatoms. The van der Waals surface area contributed by atoms with E-state index in [9.17, 15) is 15.0 Å². The highest BCUT2D eigenvalue weighted by Crippen LogP contribution is 2.16. The smallest absolute Gasteiger partial charge is 0.220 e. The first-order valence-corrected chi connectivity index (χ1v) is 20.4. The Morgan fingerprint density at radius 3 is 1.16 bits per heavy atom. The first-order chi connectivity index (χ1) is 22.2. The molecule has 0 aromatic rings. The summed E-state index contributed by atoms with van der Waals surface area (Å²) in [5.74, 6) is -0.0609. The fraction of sp³-hybridized carbons (Fsp3) is 0.927. The van der Waals surface area contributed by atoms with Crippen LogP contribution in [0, 0.1) is 0 Å². The van der Waals surface area contributed by atoms with E-state index in [1.807, 2.05) is 6.08 Å². The lowest BCUT2D eigenvalue weighted by Crippen LogP contribution is -2.45. The second kappa shape index (κ2) is 37.6.